The van der Waals surface area contributed by atoms with Crippen LogP contribution in [0.5, 0.6) is 0 Å². The summed E-state index contributed by atoms with van der Waals surface area (Å²) in [5.74, 6) is -0.0959. The summed E-state index contributed by atoms with van der Waals surface area (Å²) in [6.45, 7) is 1.80. The van der Waals surface area contributed by atoms with Gasteiger partial charge in [-0.1, -0.05) is 24.3 Å². The van der Waals surface area contributed by atoms with Gasteiger partial charge >= 0.3 is 0 Å². The fourth-order valence-electron chi connectivity index (χ4n) is 2.40. The highest BCUT2D eigenvalue weighted by Gasteiger charge is 2.08. The average molecular weight is 309 g/mol. The van der Waals surface area contributed by atoms with E-state index in [0.717, 1.165) is 11.3 Å². The molecule has 0 unspecified atom stereocenters. The van der Waals surface area contributed by atoms with Gasteiger partial charge in [0.1, 0.15) is 5.82 Å². The molecule has 5 heteroatoms. The van der Waals surface area contributed by atoms with Gasteiger partial charge in [0.2, 0.25) is 5.91 Å². The van der Waals surface area contributed by atoms with E-state index in [9.17, 15) is 9.18 Å². The van der Waals surface area contributed by atoms with Gasteiger partial charge < -0.3 is 5.32 Å². The molecular formula is C18H16FN3O. The molecule has 0 fully saturated rings. The predicted molar refractivity (Wildman–Crippen MR) is 87.0 cm³/mol. The van der Waals surface area contributed by atoms with Crippen LogP contribution < -0.4 is 5.32 Å². The lowest BCUT2D eigenvalue weighted by Gasteiger charge is -2.04. The highest BCUT2D eigenvalue weighted by Crippen LogP contribution is 2.12. The highest BCUT2D eigenvalue weighted by atomic mass is 19.1. The first-order valence-electron chi connectivity index (χ1n) is 7.27. The number of halogens is 1. The molecule has 3 aromatic rings. The van der Waals surface area contributed by atoms with Crippen LogP contribution in [-0.2, 0) is 11.2 Å². The van der Waals surface area contributed by atoms with Crippen LogP contribution in [0.15, 0.2) is 60.8 Å². The number of para-hydroxylation sites is 1. The normalized spacial score (nSPS) is 10.5. The Morgan fingerprint density at radius 1 is 1.17 bits per heavy atom. The van der Waals surface area contributed by atoms with Crippen LogP contribution in [0.2, 0.25) is 0 Å². The first-order valence-corrected chi connectivity index (χ1v) is 7.27. The average Bonchev–Trinajstić information content (AvgIpc) is 2.95. The molecule has 0 atom stereocenters. The van der Waals surface area contributed by atoms with Crippen LogP contribution in [0.3, 0.4) is 0 Å². The number of hydrogen-bond donors (Lipinski definition) is 1. The molecule has 1 aromatic heterocycles. The first kappa shape index (κ1) is 15.0. The van der Waals surface area contributed by atoms with Crippen molar-refractivity contribution in [2.24, 2.45) is 0 Å². The summed E-state index contributed by atoms with van der Waals surface area (Å²) in [6.07, 6.45) is 1.88. The van der Waals surface area contributed by atoms with Crippen LogP contribution in [0.1, 0.15) is 11.1 Å². The molecule has 0 aliphatic rings. The molecule has 0 saturated heterocycles. The van der Waals surface area contributed by atoms with Gasteiger partial charge in [-0.25, -0.2) is 9.07 Å². The Labute approximate surface area is 133 Å². The van der Waals surface area contributed by atoms with Crippen molar-refractivity contribution >= 4 is 11.7 Å². The first-order chi connectivity index (χ1) is 11.1. The largest absolute Gasteiger partial charge is 0.309 e. The van der Waals surface area contributed by atoms with E-state index < -0.39 is 0 Å². The zero-order chi connectivity index (χ0) is 16.2. The third-order valence-corrected chi connectivity index (χ3v) is 3.34. The van der Waals surface area contributed by atoms with Gasteiger partial charge in [-0.15, -0.1) is 0 Å². The Morgan fingerprint density at radius 2 is 1.96 bits per heavy atom. The van der Waals surface area contributed by atoms with Crippen molar-refractivity contribution in [1.82, 2.24) is 9.78 Å². The molecule has 1 N–H and O–H groups in total. The number of anilines is 1. The number of nitrogens with zero attached hydrogens (tertiary/aromatic N) is 2. The maximum absolute atomic E-state index is 13.3. The van der Waals surface area contributed by atoms with Gasteiger partial charge in [0.25, 0.3) is 0 Å². The number of aryl methyl sites for hydroxylation is 1. The Balaban J connectivity index is 1.68. The third kappa shape index (κ3) is 3.83. The molecular weight excluding hydrogens is 293 g/mol. The van der Waals surface area contributed by atoms with Crippen LogP contribution in [0, 0.1) is 12.7 Å². The molecule has 3 rings (SSSR count). The topological polar surface area (TPSA) is 46.9 Å². The zero-order valence-corrected chi connectivity index (χ0v) is 12.7. The van der Waals surface area contributed by atoms with Gasteiger partial charge in [-0.2, -0.15) is 5.10 Å². The monoisotopic (exact) mass is 309 g/mol. The Morgan fingerprint density at radius 3 is 2.70 bits per heavy atom. The van der Waals surface area contributed by atoms with Gasteiger partial charge in [0.05, 0.1) is 12.1 Å². The lowest BCUT2D eigenvalue weighted by molar-refractivity contribution is -0.115. The molecule has 0 saturated carbocycles. The minimum absolute atomic E-state index is 0.108. The summed E-state index contributed by atoms with van der Waals surface area (Å²) in [5, 5.41) is 7.03. The van der Waals surface area contributed by atoms with Crippen molar-refractivity contribution < 1.29 is 9.18 Å². The van der Waals surface area contributed by atoms with E-state index in [0.29, 0.717) is 11.4 Å². The minimum atomic E-state index is -0.332. The zero-order valence-electron chi connectivity index (χ0n) is 12.7. The summed E-state index contributed by atoms with van der Waals surface area (Å²) in [4.78, 5) is 12.1. The fourth-order valence-corrected chi connectivity index (χ4v) is 2.40. The van der Waals surface area contributed by atoms with Crippen LogP contribution in [0.4, 0.5) is 10.2 Å². The number of benzene rings is 2. The number of aromatic nitrogens is 2. The fraction of sp³-hybridized carbons (Fsp3) is 0.111. The Hall–Kier alpha value is -2.95. The Bertz CT molecular complexity index is 807. The van der Waals surface area contributed by atoms with E-state index in [1.54, 1.807) is 29.9 Å². The number of amides is 1. The number of rotatable bonds is 4. The van der Waals surface area contributed by atoms with Crippen molar-refractivity contribution in [2.45, 2.75) is 13.3 Å². The summed E-state index contributed by atoms with van der Waals surface area (Å²) in [5.41, 5.74) is 2.34. The van der Waals surface area contributed by atoms with Gasteiger partial charge in [-0.3, -0.25) is 4.79 Å². The third-order valence-electron chi connectivity index (χ3n) is 3.34. The number of nitrogens with one attached hydrogen (secondary N) is 1. The second-order valence-electron chi connectivity index (χ2n) is 5.34. The summed E-state index contributed by atoms with van der Waals surface area (Å²) >= 11 is 0. The number of hydrogen-bond acceptors (Lipinski definition) is 2. The highest BCUT2D eigenvalue weighted by molar-refractivity contribution is 5.91. The SMILES string of the molecule is Cc1cc(F)cc(CC(=O)Nc2ccn(-c3ccccc3)n2)c1. The van der Waals surface area contributed by atoms with E-state index in [1.165, 1.54) is 12.1 Å². The van der Waals surface area contributed by atoms with Gasteiger partial charge in [-0.05, 0) is 42.3 Å². The second-order valence-corrected chi connectivity index (χ2v) is 5.34. The molecule has 0 aliphatic heterocycles. The molecule has 0 aliphatic carbocycles. The van der Waals surface area contributed by atoms with E-state index in [1.807, 2.05) is 30.3 Å². The maximum Gasteiger partial charge on any atom is 0.229 e. The lowest BCUT2D eigenvalue weighted by atomic mass is 10.1. The standard InChI is InChI=1S/C18H16FN3O/c1-13-9-14(11-15(19)10-13)12-18(23)20-17-7-8-22(21-17)16-5-3-2-4-6-16/h2-11H,12H2,1H3,(H,20,21,23). The molecule has 0 spiro atoms. The smallest absolute Gasteiger partial charge is 0.229 e. The lowest BCUT2D eigenvalue weighted by Crippen LogP contribution is -2.15. The van der Waals surface area contributed by atoms with E-state index in [-0.39, 0.29) is 18.1 Å². The van der Waals surface area contributed by atoms with Crippen molar-refractivity contribution in [1.29, 1.82) is 0 Å². The van der Waals surface area contributed by atoms with Crippen molar-refractivity contribution in [3.63, 3.8) is 0 Å². The van der Waals surface area contributed by atoms with Crippen molar-refractivity contribution in [3.05, 3.63) is 77.7 Å². The molecule has 23 heavy (non-hydrogen) atoms. The molecule has 1 amide bonds. The Kier molecular flexibility index (Phi) is 4.19. The van der Waals surface area contributed by atoms with Crippen molar-refractivity contribution in [3.8, 4) is 5.69 Å². The summed E-state index contributed by atoms with van der Waals surface area (Å²) in [6, 6.07) is 15.9. The second kappa shape index (κ2) is 6.44. The van der Waals surface area contributed by atoms with Crippen LogP contribution in [0.25, 0.3) is 5.69 Å². The minimum Gasteiger partial charge on any atom is -0.309 e. The van der Waals surface area contributed by atoms with E-state index in [2.05, 4.69) is 10.4 Å². The van der Waals surface area contributed by atoms with Crippen LogP contribution >= 0.6 is 0 Å². The van der Waals surface area contributed by atoms with Crippen LogP contribution in [-0.4, -0.2) is 15.7 Å². The van der Waals surface area contributed by atoms with E-state index in [4.69, 9.17) is 0 Å². The van der Waals surface area contributed by atoms with Gasteiger partial charge in [0.15, 0.2) is 5.82 Å². The predicted octanol–water partition coefficient (Wildman–Crippen LogP) is 3.50. The van der Waals surface area contributed by atoms with Gasteiger partial charge in [0, 0.05) is 12.3 Å². The molecule has 0 radical (unpaired) electrons. The molecule has 1 heterocycles. The maximum atomic E-state index is 13.3. The number of carbonyl (C=O) groups excluding carboxylic acids is 1. The quantitative estimate of drug-likeness (QED) is 0.802. The molecule has 116 valence electrons. The van der Waals surface area contributed by atoms with Crippen molar-refractivity contribution in [2.75, 3.05) is 5.32 Å². The molecule has 2 aromatic carbocycles. The summed E-state index contributed by atoms with van der Waals surface area (Å²) < 4.78 is 15.0. The molecule has 0 bridgehead atoms. The van der Waals surface area contributed by atoms with E-state index >= 15 is 0 Å². The molecule has 4 nitrogen and oxygen atoms in total. The number of carbonyl (C=O) groups is 1. The summed E-state index contributed by atoms with van der Waals surface area (Å²) in [7, 11) is 0.